The predicted octanol–water partition coefficient (Wildman–Crippen LogP) is 3.21. The van der Waals surface area contributed by atoms with Crippen LogP contribution in [0, 0.1) is 0 Å². The highest BCUT2D eigenvalue weighted by Crippen LogP contribution is 2.32. The van der Waals surface area contributed by atoms with E-state index in [2.05, 4.69) is 0 Å². The molecule has 1 unspecified atom stereocenters. The fourth-order valence-corrected chi connectivity index (χ4v) is 2.68. The number of aliphatic hydroxyl groups is 1. The first-order valence-electron chi connectivity index (χ1n) is 7.62. The molecule has 6 heteroatoms. The van der Waals surface area contributed by atoms with E-state index < -0.39 is 5.60 Å². The molecule has 0 spiro atoms. The van der Waals surface area contributed by atoms with Crippen molar-refractivity contribution in [1.29, 1.82) is 0 Å². The van der Waals surface area contributed by atoms with Crippen molar-refractivity contribution in [2.24, 2.45) is 11.6 Å². The van der Waals surface area contributed by atoms with Crippen LogP contribution in [0.1, 0.15) is 25.3 Å². The fourth-order valence-electron chi connectivity index (χ4n) is 2.51. The van der Waals surface area contributed by atoms with E-state index in [4.69, 9.17) is 23.2 Å². The number of hydrogen-bond donors (Lipinski definition) is 4. The quantitative estimate of drug-likeness (QED) is 0.475. The number of anilines is 1. The molecule has 6 N–H and O–H groups in total. The van der Waals surface area contributed by atoms with Gasteiger partial charge in [-0.05, 0) is 30.2 Å². The van der Waals surface area contributed by atoms with Crippen molar-refractivity contribution in [1.82, 2.24) is 0 Å². The lowest BCUT2D eigenvalue weighted by molar-refractivity contribution is 0.0324. The van der Waals surface area contributed by atoms with Crippen LogP contribution in [0.5, 0.6) is 5.75 Å². The van der Waals surface area contributed by atoms with Gasteiger partial charge in [0.05, 0.1) is 5.60 Å². The van der Waals surface area contributed by atoms with Crippen molar-refractivity contribution < 1.29 is 10.2 Å². The predicted molar refractivity (Wildman–Crippen MR) is 97.3 cm³/mol. The van der Waals surface area contributed by atoms with E-state index >= 15 is 0 Å². The fraction of sp³-hybridized carbons (Fsp3) is 0.222. The Morgan fingerprint density at radius 1 is 1.25 bits per heavy atom. The van der Waals surface area contributed by atoms with Crippen molar-refractivity contribution >= 4 is 17.3 Å². The van der Waals surface area contributed by atoms with Crippen LogP contribution in [0.3, 0.4) is 0 Å². The Hall–Kier alpha value is -2.21. The lowest BCUT2D eigenvalue weighted by atomic mass is 9.87. The van der Waals surface area contributed by atoms with E-state index in [-0.39, 0.29) is 12.2 Å². The number of nitrogens with zero attached hydrogens (tertiary/aromatic N) is 1. The van der Waals surface area contributed by atoms with Gasteiger partial charge in [-0.3, -0.25) is 5.01 Å². The number of rotatable bonds is 6. The molecule has 0 saturated heterocycles. The number of hydrazine groups is 1. The van der Waals surface area contributed by atoms with Gasteiger partial charge in [0.2, 0.25) is 0 Å². The highest BCUT2D eigenvalue weighted by atomic mass is 35.5. The minimum Gasteiger partial charge on any atom is -0.506 e. The van der Waals surface area contributed by atoms with Crippen molar-refractivity contribution in [3.8, 4) is 5.75 Å². The molecule has 128 valence electrons. The molecular formula is C18H22ClN3O2. The van der Waals surface area contributed by atoms with Crippen molar-refractivity contribution in [2.75, 3.05) is 5.01 Å². The van der Waals surface area contributed by atoms with Gasteiger partial charge < -0.3 is 15.9 Å². The van der Waals surface area contributed by atoms with Crippen molar-refractivity contribution in [2.45, 2.75) is 25.4 Å². The number of phenolic OH excluding ortho intramolecular Hbond substituents is 1. The summed E-state index contributed by atoms with van der Waals surface area (Å²) in [5.74, 6) is 5.93. The highest BCUT2D eigenvalue weighted by molar-refractivity contribution is 6.30. The molecule has 0 aromatic heterocycles. The maximum absolute atomic E-state index is 10.9. The summed E-state index contributed by atoms with van der Waals surface area (Å²) in [4.78, 5) is 0. The summed E-state index contributed by atoms with van der Waals surface area (Å²) in [7, 11) is 0. The van der Waals surface area contributed by atoms with Crippen LogP contribution >= 0.6 is 11.6 Å². The third-order valence-electron chi connectivity index (χ3n) is 3.91. The Bertz CT molecular complexity index is 721. The molecule has 1 atom stereocenters. The summed E-state index contributed by atoms with van der Waals surface area (Å²) in [6, 6.07) is 13.9. The van der Waals surface area contributed by atoms with E-state index in [1.54, 1.807) is 6.07 Å². The minimum absolute atomic E-state index is 0.0141. The summed E-state index contributed by atoms with van der Waals surface area (Å²) in [5, 5.41) is 22.4. The topological polar surface area (TPSA) is 95.7 Å². The van der Waals surface area contributed by atoms with Gasteiger partial charge >= 0.3 is 0 Å². The van der Waals surface area contributed by atoms with Crippen LogP contribution in [0.25, 0.3) is 0 Å². The number of hydrogen-bond acceptors (Lipinski definition) is 5. The second kappa shape index (κ2) is 7.57. The Kier molecular flexibility index (Phi) is 5.72. The average Bonchev–Trinajstić information content (AvgIpc) is 2.57. The van der Waals surface area contributed by atoms with Gasteiger partial charge in [0, 0.05) is 23.3 Å². The standard InChI is InChI=1S/C18H22ClN3O2/c1-2-18(24,13-6-4-3-5-7-13)11-15(20)12-22(21)16-10-14(19)8-9-17(16)23/h3-10,12,23-24H,2,11,20-21H2,1H3/b15-12-. The van der Waals surface area contributed by atoms with Crippen LogP contribution in [-0.4, -0.2) is 10.2 Å². The summed E-state index contributed by atoms with van der Waals surface area (Å²) >= 11 is 5.92. The van der Waals surface area contributed by atoms with Gasteiger partial charge in [-0.15, -0.1) is 0 Å². The largest absolute Gasteiger partial charge is 0.506 e. The molecule has 0 aliphatic rings. The summed E-state index contributed by atoms with van der Waals surface area (Å²) < 4.78 is 0. The maximum atomic E-state index is 10.9. The smallest absolute Gasteiger partial charge is 0.140 e. The molecule has 0 fully saturated rings. The second-order valence-corrected chi connectivity index (χ2v) is 6.11. The average molecular weight is 348 g/mol. The summed E-state index contributed by atoms with van der Waals surface area (Å²) in [6.07, 6.45) is 2.18. The molecular weight excluding hydrogens is 326 g/mol. The third kappa shape index (κ3) is 4.20. The highest BCUT2D eigenvalue weighted by Gasteiger charge is 2.27. The third-order valence-corrected chi connectivity index (χ3v) is 4.15. The van der Waals surface area contributed by atoms with Gasteiger partial charge in [0.1, 0.15) is 11.4 Å². The minimum atomic E-state index is -1.08. The monoisotopic (exact) mass is 347 g/mol. The van der Waals surface area contributed by atoms with E-state index in [0.29, 0.717) is 22.8 Å². The van der Waals surface area contributed by atoms with Gasteiger partial charge in [-0.2, -0.15) is 0 Å². The zero-order chi connectivity index (χ0) is 17.7. The maximum Gasteiger partial charge on any atom is 0.140 e. The molecule has 2 rings (SSSR count). The molecule has 5 nitrogen and oxygen atoms in total. The first-order chi connectivity index (χ1) is 11.4. The molecule has 0 heterocycles. The SMILES string of the molecule is CCC(O)(C/C(N)=C/N(N)c1cc(Cl)ccc1O)c1ccccc1. The molecule has 0 aliphatic carbocycles. The van der Waals surface area contributed by atoms with E-state index in [1.165, 1.54) is 23.3 Å². The lowest BCUT2D eigenvalue weighted by Gasteiger charge is -2.28. The van der Waals surface area contributed by atoms with Crippen molar-refractivity contribution in [3.63, 3.8) is 0 Å². The molecule has 2 aromatic carbocycles. The van der Waals surface area contributed by atoms with E-state index in [0.717, 1.165) is 5.56 Å². The van der Waals surface area contributed by atoms with Crippen LogP contribution in [-0.2, 0) is 5.60 Å². The van der Waals surface area contributed by atoms with Gasteiger partial charge in [0.15, 0.2) is 0 Å². The summed E-state index contributed by atoms with van der Waals surface area (Å²) in [5.41, 5.74) is 6.47. The Morgan fingerprint density at radius 3 is 2.54 bits per heavy atom. The van der Waals surface area contributed by atoms with Crippen LogP contribution in [0.15, 0.2) is 60.4 Å². The Morgan fingerprint density at radius 2 is 1.92 bits per heavy atom. The Labute approximate surface area is 146 Å². The molecule has 24 heavy (non-hydrogen) atoms. The number of halogens is 1. The molecule has 0 radical (unpaired) electrons. The molecule has 0 saturated carbocycles. The van der Waals surface area contributed by atoms with Crippen LogP contribution in [0.2, 0.25) is 5.02 Å². The number of phenols is 1. The van der Waals surface area contributed by atoms with Gasteiger partial charge in [-0.25, -0.2) is 5.84 Å². The molecule has 0 bridgehead atoms. The first-order valence-corrected chi connectivity index (χ1v) is 8.00. The number of nitrogens with two attached hydrogens (primary N) is 2. The zero-order valence-corrected chi connectivity index (χ0v) is 14.2. The van der Waals surface area contributed by atoms with E-state index in [9.17, 15) is 10.2 Å². The lowest BCUT2D eigenvalue weighted by Crippen LogP contribution is -2.30. The zero-order valence-electron chi connectivity index (χ0n) is 13.5. The van der Waals surface area contributed by atoms with Crippen molar-refractivity contribution in [3.05, 3.63) is 71.0 Å². The number of aromatic hydroxyl groups is 1. The molecule has 2 aromatic rings. The summed E-state index contributed by atoms with van der Waals surface area (Å²) in [6.45, 7) is 1.89. The first kappa shape index (κ1) is 18.1. The van der Waals surface area contributed by atoms with Gasteiger partial charge in [0.25, 0.3) is 0 Å². The molecule has 0 aliphatic heterocycles. The van der Waals surface area contributed by atoms with Gasteiger partial charge in [-0.1, -0.05) is 48.9 Å². The van der Waals surface area contributed by atoms with Crippen LogP contribution in [0.4, 0.5) is 5.69 Å². The Balaban J connectivity index is 2.22. The molecule has 0 amide bonds. The second-order valence-electron chi connectivity index (χ2n) is 5.67. The van der Waals surface area contributed by atoms with Crippen LogP contribution < -0.4 is 16.6 Å². The van der Waals surface area contributed by atoms with E-state index in [1.807, 2.05) is 37.3 Å². The number of benzene rings is 2. The normalized spacial score (nSPS) is 14.2.